The Balaban J connectivity index is 1.94. The van der Waals surface area contributed by atoms with Gasteiger partial charge in [-0.2, -0.15) is 5.26 Å². The van der Waals surface area contributed by atoms with Gasteiger partial charge in [-0.05, 0) is 24.5 Å². The molecule has 1 N–H and O–H groups in total. The van der Waals surface area contributed by atoms with E-state index >= 15 is 0 Å². The number of amides is 1. The number of nitrogens with one attached hydrogen (secondary N) is 1. The summed E-state index contributed by atoms with van der Waals surface area (Å²) in [4.78, 5) is 28.9. The number of thioether (sulfide) groups is 2. The van der Waals surface area contributed by atoms with Crippen molar-refractivity contribution in [2.24, 2.45) is 10.9 Å². The highest BCUT2D eigenvalue weighted by molar-refractivity contribution is 8.38. The summed E-state index contributed by atoms with van der Waals surface area (Å²) in [7, 11) is 0. The molecule has 0 radical (unpaired) electrons. The molecule has 0 spiro atoms. The van der Waals surface area contributed by atoms with Gasteiger partial charge in [0.1, 0.15) is 9.91 Å². The summed E-state index contributed by atoms with van der Waals surface area (Å²) in [6, 6.07) is 9.28. The van der Waals surface area contributed by atoms with Crippen LogP contribution in [0.25, 0.3) is 0 Å². The standard InChI is InChI=1S/C19H23N3O3S2/c1-13(2)19(3,12-20)22-16(23)10-25-17(24)15-7-5-4-6-14(15)11-27-18-21-8-9-26-18/h4-7,13H,8-11H2,1-3H3,(H,22,23)/t19-/m0/s1. The minimum atomic E-state index is -1.00. The highest BCUT2D eigenvalue weighted by Crippen LogP contribution is 2.26. The molecule has 0 unspecified atom stereocenters. The van der Waals surface area contributed by atoms with Crippen molar-refractivity contribution in [3.63, 3.8) is 0 Å². The molecule has 0 aliphatic carbocycles. The molecular formula is C19H23N3O3S2. The lowest BCUT2D eigenvalue weighted by Crippen LogP contribution is -2.50. The summed E-state index contributed by atoms with van der Waals surface area (Å²) in [6.45, 7) is 5.75. The van der Waals surface area contributed by atoms with Crippen LogP contribution >= 0.6 is 23.5 Å². The van der Waals surface area contributed by atoms with Crippen LogP contribution in [0.5, 0.6) is 0 Å². The lowest BCUT2D eigenvalue weighted by molar-refractivity contribution is -0.125. The third-order valence-electron chi connectivity index (χ3n) is 4.27. The average Bonchev–Trinajstić information content (AvgIpc) is 3.18. The summed E-state index contributed by atoms with van der Waals surface area (Å²) in [5.41, 5.74) is 0.276. The number of ether oxygens (including phenoxy) is 1. The van der Waals surface area contributed by atoms with Crippen LogP contribution in [0.3, 0.4) is 0 Å². The number of benzene rings is 1. The van der Waals surface area contributed by atoms with Crippen LogP contribution < -0.4 is 5.32 Å². The number of carbonyl (C=O) groups excluding carboxylic acids is 2. The lowest BCUT2D eigenvalue weighted by atomic mass is 9.90. The summed E-state index contributed by atoms with van der Waals surface area (Å²) in [6.07, 6.45) is 0. The molecule has 0 aromatic heterocycles. The summed E-state index contributed by atoms with van der Waals surface area (Å²) in [5.74, 6) is 0.494. The molecule has 0 bridgehead atoms. The summed E-state index contributed by atoms with van der Waals surface area (Å²) >= 11 is 3.31. The zero-order chi connectivity index (χ0) is 19.9. The van der Waals surface area contributed by atoms with E-state index in [0.29, 0.717) is 11.3 Å². The SMILES string of the molecule is CC(C)[C@](C)(C#N)NC(=O)COC(=O)c1ccccc1CSC1=NCCS1. The molecule has 0 fully saturated rings. The first-order chi connectivity index (χ1) is 12.9. The largest absolute Gasteiger partial charge is 0.452 e. The van der Waals surface area contributed by atoms with Crippen LogP contribution in [0.2, 0.25) is 0 Å². The molecule has 144 valence electrons. The quantitative estimate of drug-likeness (QED) is 0.700. The van der Waals surface area contributed by atoms with Crippen molar-refractivity contribution in [3.05, 3.63) is 35.4 Å². The fourth-order valence-electron chi connectivity index (χ4n) is 2.22. The van der Waals surface area contributed by atoms with Crippen LogP contribution in [0, 0.1) is 17.2 Å². The van der Waals surface area contributed by atoms with Crippen LogP contribution in [0.1, 0.15) is 36.7 Å². The molecule has 2 rings (SSSR count). The van der Waals surface area contributed by atoms with E-state index in [1.807, 2.05) is 26.0 Å². The molecule has 1 aliphatic rings. The van der Waals surface area contributed by atoms with Crippen molar-refractivity contribution in [2.45, 2.75) is 32.1 Å². The van der Waals surface area contributed by atoms with Crippen LogP contribution in [0.4, 0.5) is 0 Å². The number of esters is 1. The minimum absolute atomic E-state index is 0.0729. The summed E-state index contributed by atoms with van der Waals surface area (Å²) < 4.78 is 6.20. The lowest BCUT2D eigenvalue weighted by Gasteiger charge is -2.27. The second kappa shape index (κ2) is 9.81. The first kappa shape index (κ1) is 21.3. The molecule has 1 aliphatic heterocycles. The van der Waals surface area contributed by atoms with E-state index in [-0.39, 0.29) is 5.92 Å². The highest BCUT2D eigenvalue weighted by Gasteiger charge is 2.30. The van der Waals surface area contributed by atoms with Crippen molar-refractivity contribution in [1.29, 1.82) is 5.26 Å². The first-order valence-electron chi connectivity index (χ1n) is 8.63. The van der Waals surface area contributed by atoms with Gasteiger partial charge < -0.3 is 10.1 Å². The van der Waals surface area contributed by atoms with E-state index in [4.69, 9.17) is 4.74 Å². The second-order valence-electron chi connectivity index (χ2n) is 6.54. The Hall–Kier alpha value is -1.98. The van der Waals surface area contributed by atoms with Gasteiger partial charge in [-0.25, -0.2) is 4.79 Å². The van der Waals surface area contributed by atoms with Gasteiger partial charge in [0.05, 0.1) is 18.2 Å². The normalized spacial score (nSPS) is 15.6. The summed E-state index contributed by atoms with van der Waals surface area (Å²) in [5, 5.41) is 11.9. The van der Waals surface area contributed by atoms with Gasteiger partial charge in [-0.3, -0.25) is 9.79 Å². The number of aliphatic imine (C=N–C) groups is 1. The van der Waals surface area contributed by atoms with E-state index in [1.54, 1.807) is 42.6 Å². The van der Waals surface area contributed by atoms with Gasteiger partial charge in [-0.1, -0.05) is 55.6 Å². The fraction of sp³-hybridized carbons (Fsp3) is 0.474. The van der Waals surface area contributed by atoms with Gasteiger partial charge in [0.25, 0.3) is 5.91 Å². The number of nitrogens with zero attached hydrogens (tertiary/aromatic N) is 2. The topological polar surface area (TPSA) is 91.5 Å². The van der Waals surface area contributed by atoms with E-state index < -0.39 is 24.0 Å². The number of hydrogen-bond donors (Lipinski definition) is 1. The second-order valence-corrected chi connectivity index (χ2v) is 8.84. The van der Waals surface area contributed by atoms with Gasteiger partial charge in [0.2, 0.25) is 0 Å². The molecule has 6 nitrogen and oxygen atoms in total. The monoisotopic (exact) mass is 405 g/mol. The number of rotatable bonds is 7. The fourth-order valence-corrected chi connectivity index (χ4v) is 4.24. The van der Waals surface area contributed by atoms with Crippen LogP contribution in [-0.2, 0) is 15.3 Å². The van der Waals surface area contributed by atoms with Crippen LogP contribution in [-0.4, -0.2) is 40.7 Å². The van der Waals surface area contributed by atoms with Gasteiger partial charge >= 0.3 is 5.97 Å². The molecule has 0 saturated heterocycles. The molecule has 1 heterocycles. The molecular weight excluding hydrogens is 382 g/mol. The Kier molecular flexibility index (Phi) is 7.75. The van der Waals surface area contributed by atoms with Crippen molar-refractivity contribution in [1.82, 2.24) is 5.32 Å². The average molecular weight is 406 g/mol. The zero-order valence-corrected chi connectivity index (χ0v) is 17.3. The van der Waals surface area contributed by atoms with E-state index in [2.05, 4.69) is 16.4 Å². The Morgan fingerprint density at radius 1 is 1.44 bits per heavy atom. The Labute approximate surface area is 168 Å². The third kappa shape index (κ3) is 6.01. The number of hydrogen-bond acceptors (Lipinski definition) is 7. The molecule has 8 heteroatoms. The Morgan fingerprint density at radius 2 is 2.19 bits per heavy atom. The van der Waals surface area contributed by atoms with Crippen LogP contribution in [0.15, 0.2) is 29.3 Å². The minimum Gasteiger partial charge on any atom is -0.452 e. The smallest absolute Gasteiger partial charge is 0.338 e. The molecule has 1 aromatic rings. The predicted molar refractivity (Wildman–Crippen MR) is 110 cm³/mol. The number of carbonyl (C=O) groups is 2. The zero-order valence-electron chi connectivity index (χ0n) is 15.7. The third-order valence-corrected chi connectivity index (χ3v) is 6.57. The Bertz CT molecular complexity index is 774. The highest BCUT2D eigenvalue weighted by atomic mass is 32.2. The molecule has 1 atom stereocenters. The molecule has 1 amide bonds. The maximum absolute atomic E-state index is 12.4. The van der Waals surface area contributed by atoms with Crippen molar-refractivity contribution >= 4 is 39.8 Å². The van der Waals surface area contributed by atoms with Crippen molar-refractivity contribution < 1.29 is 14.3 Å². The maximum Gasteiger partial charge on any atom is 0.338 e. The van der Waals surface area contributed by atoms with Gasteiger partial charge in [0, 0.05) is 11.5 Å². The first-order valence-corrected chi connectivity index (χ1v) is 10.6. The van der Waals surface area contributed by atoms with E-state index in [9.17, 15) is 14.9 Å². The number of nitriles is 1. The van der Waals surface area contributed by atoms with Gasteiger partial charge in [0.15, 0.2) is 6.61 Å². The van der Waals surface area contributed by atoms with E-state index in [0.717, 1.165) is 22.2 Å². The van der Waals surface area contributed by atoms with Gasteiger partial charge in [-0.15, -0.1) is 0 Å². The molecule has 27 heavy (non-hydrogen) atoms. The van der Waals surface area contributed by atoms with Crippen molar-refractivity contribution in [3.8, 4) is 6.07 Å². The van der Waals surface area contributed by atoms with Crippen molar-refractivity contribution in [2.75, 3.05) is 18.9 Å². The predicted octanol–water partition coefficient (Wildman–Crippen LogP) is 3.23. The Morgan fingerprint density at radius 3 is 2.81 bits per heavy atom. The maximum atomic E-state index is 12.4. The molecule has 1 aromatic carbocycles. The van der Waals surface area contributed by atoms with E-state index in [1.165, 1.54) is 0 Å². The molecule has 0 saturated carbocycles.